The first-order valence-corrected chi connectivity index (χ1v) is 5.13. The number of hydrogen-bond acceptors (Lipinski definition) is 4. The number of hydrogen-bond donors (Lipinski definition) is 2. The average molecular weight is 203 g/mol. The van der Waals surface area contributed by atoms with Crippen molar-refractivity contribution in [2.24, 2.45) is 0 Å². The van der Waals surface area contributed by atoms with Crippen LogP contribution in [0.1, 0.15) is 20.8 Å². The Morgan fingerprint density at radius 3 is 2.43 bits per heavy atom. The third kappa shape index (κ3) is 3.92. The van der Waals surface area contributed by atoms with Gasteiger partial charge in [0.25, 0.3) is 0 Å². The highest BCUT2D eigenvalue weighted by Crippen LogP contribution is 2.19. The van der Waals surface area contributed by atoms with Gasteiger partial charge in [-0.3, -0.25) is 4.90 Å². The third-order valence-corrected chi connectivity index (χ3v) is 2.22. The summed E-state index contributed by atoms with van der Waals surface area (Å²) in [6, 6.07) is 0. The van der Waals surface area contributed by atoms with Crippen molar-refractivity contribution in [3.63, 3.8) is 0 Å². The van der Waals surface area contributed by atoms with Crippen molar-refractivity contribution in [3.8, 4) is 0 Å². The van der Waals surface area contributed by atoms with Gasteiger partial charge in [-0.05, 0) is 20.8 Å². The number of likely N-dealkylation sites (tertiary alicyclic amines) is 1. The molecule has 0 radical (unpaired) electrons. The highest BCUT2D eigenvalue weighted by molar-refractivity contribution is 4.92. The molecule has 1 fully saturated rings. The maximum absolute atomic E-state index is 9.56. The van der Waals surface area contributed by atoms with Crippen molar-refractivity contribution < 1.29 is 14.9 Å². The molecule has 0 aromatic heterocycles. The lowest BCUT2D eigenvalue weighted by Crippen LogP contribution is -2.61. The van der Waals surface area contributed by atoms with Crippen LogP contribution in [-0.2, 0) is 4.74 Å². The molecule has 1 atom stereocenters. The molecular formula is C10H21NO3. The van der Waals surface area contributed by atoms with Gasteiger partial charge in [0, 0.05) is 19.6 Å². The lowest BCUT2D eigenvalue weighted by molar-refractivity contribution is -0.104. The first-order valence-electron chi connectivity index (χ1n) is 5.13. The SMILES string of the molecule is CC(C)OCC(O)CN1CC(C)(O)C1. The molecule has 0 aliphatic carbocycles. The molecule has 84 valence electrons. The van der Waals surface area contributed by atoms with Crippen LogP contribution in [0.2, 0.25) is 0 Å². The number of nitrogens with zero attached hydrogens (tertiary/aromatic N) is 1. The average Bonchev–Trinajstić information content (AvgIpc) is 1.97. The Balaban J connectivity index is 2.07. The molecule has 0 aromatic rings. The maximum atomic E-state index is 9.56. The smallest absolute Gasteiger partial charge is 0.0900 e. The van der Waals surface area contributed by atoms with E-state index < -0.39 is 11.7 Å². The van der Waals surface area contributed by atoms with E-state index in [2.05, 4.69) is 0 Å². The van der Waals surface area contributed by atoms with E-state index in [1.54, 1.807) is 6.92 Å². The Hall–Kier alpha value is -0.160. The van der Waals surface area contributed by atoms with Gasteiger partial charge in [-0.1, -0.05) is 0 Å². The normalized spacial score (nSPS) is 23.6. The maximum Gasteiger partial charge on any atom is 0.0900 e. The van der Waals surface area contributed by atoms with E-state index in [-0.39, 0.29) is 6.10 Å². The molecule has 1 heterocycles. The minimum absolute atomic E-state index is 0.157. The first-order chi connectivity index (χ1) is 6.39. The molecule has 0 bridgehead atoms. The topological polar surface area (TPSA) is 52.9 Å². The summed E-state index contributed by atoms with van der Waals surface area (Å²) in [6.45, 7) is 7.94. The van der Waals surface area contributed by atoms with E-state index in [4.69, 9.17) is 4.74 Å². The second-order valence-electron chi connectivity index (χ2n) is 4.70. The van der Waals surface area contributed by atoms with Crippen LogP contribution in [-0.4, -0.2) is 59.2 Å². The fourth-order valence-electron chi connectivity index (χ4n) is 1.70. The predicted octanol–water partition coefficient (Wildman–Crippen LogP) is -0.161. The van der Waals surface area contributed by atoms with Crippen molar-refractivity contribution in [1.29, 1.82) is 0 Å². The highest BCUT2D eigenvalue weighted by Gasteiger charge is 2.36. The molecule has 0 amide bonds. The van der Waals surface area contributed by atoms with Crippen LogP contribution in [0.5, 0.6) is 0 Å². The Labute approximate surface area is 85.5 Å². The monoisotopic (exact) mass is 203 g/mol. The summed E-state index contributed by atoms with van der Waals surface area (Å²) in [5, 5.41) is 19.0. The number of ether oxygens (including phenoxy) is 1. The molecule has 0 saturated carbocycles. The van der Waals surface area contributed by atoms with Gasteiger partial charge in [0.05, 0.1) is 24.4 Å². The van der Waals surface area contributed by atoms with Gasteiger partial charge in [0.1, 0.15) is 0 Å². The fourth-order valence-corrected chi connectivity index (χ4v) is 1.70. The fraction of sp³-hybridized carbons (Fsp3) is 1.00. The summed E-state index contributed by atoms with van der Waals surface area (Å²) in [5.74, 6) is 0. The molecule has 14 heavy (non-hydrogen) atoms. The van der Waals surface area contributed by atoms with E-state index in [9.17, 15) is 10.2 Å². The van der Waals surface area contributed by atoms with E-state index in [0.29, 0.717) is 26.2 Å². The van der Waals surface area contributed by atoms with Gasteiger partial charge >= 0.3 is 0 Å². The van der Waals surface area contributed by atoms with Crippen LogP contribution in [0.15, 0.2) is 0 Å². The predicted molar refractivity (Wildman–Crippen MR) is 54.2 cm³/mol. The molecule has 0 aromatic carbocycles. The molecule has 4 nitrogen and oxygen atoms in total. The largest absolute Gasteiger partial charge is 0.389 e. The Bertz CT molecular complexity index is 174. The molecule has 0 spiro atoms. The van der Waals surface area contributed by atoms with Crippen LogP contribution < -0.4 is 0 Å². The lowest BCUT2D eigenvalue weighted by Gasteiger charge is -2.44. The zero-order valence-corrected chi connectivity index (χ0v) is 9.23. The van der Waals surface area contributed by atoms with E-state index in [1.165, 1.54) is 0 Å². The number of rotatable bonds is 5. The highest BCUT2D eigenvalue weighted by atomic mass is 16.5. The minimum Gasteiger partial charge on any atom is -0.389 e. The van der Waals surface area contributed by atoms with Crippen molar-refractivity contribution in [2.75, 3.05) is 26.2 Å². The molecule has 2 N–H and O–H groups in total. The van der Waals surface area contributed by atoms with Crippen LogP contribution >= 0.6 is 0 Å². The quantitative estimate of drug-likeness (QED) is 0.652. The molecule has 1 saturated heterocycles. The van der Waals surface area contributed by atoms with Gasteiger partial charge in [-0.2, -0.15) is 0 Å². The molecule has 1 aliphatic heterocycles. The van der Waals surface area contributed by atoms with E-state index >= 15 is 0 Å². The van der Waals surface area contributed by atoms with Crippen molar-refractivity contribution in [2.45, 2.75) is 38.6 Å². The van der Waals surface area contributed by atoms with E-state index in [0.717, 1.165) is 0 Å². The zero-order chi connectivity index (χ0) is 10.8. The van der Waals surface area contributed by atoms with Gasteiger partial charge < -0.3 is 14.9 Å². The van der Waals surface area contributed by atoms with Crippen LogP contribution in [0, 0.1) is 0 Å². The lowest BCUT2D eigenvalue weighted by atomic mass is 9.97. The Morgan fingerprint density at radius 2 is 2.00 bits per heavy atom. The Morgan fingerprint density at radius 1 is 1.43 bits per heavy atom. The van der Waals surface area contributed by atoms with Crippen LogP contribution in [0.25, 0.3) is 0 Å². The van der Waals surface area contributed by atoms with Crippen molar-refractivity contribution in [1.82, 2.24) is 4.90 Å². The van der Waals surface area contributed by atoms with Crippen LogP contribution in [0.4, 0.5) is 0 Å². The van der Waals surface area contributed by atoms with Crippen LogP contribution in [0.3, 0.4) is 0 Å². The molecule has 1 rings (SSSR count). The number of aliphatic hydroxyl groups excluding tert-OH is 1. The molecule has 1 aliphatic rings. The van der Waals surface area contributed by atoms with Crippen molar-refractivity contribution in [3.05, 3.63) is 0 Å². The number of β-amino-alcohol motifs (C(OH)–C–C–N with tert-alkyl or cyclic N) is 2. The van der Waals surface area contributed by atoms with Gasteiger partial charge in [0.2, 0.25) is 0 Å². The summed E-state index contributed by atoms with van der Waals surface area (Å²) < 4.78 is 5.29. The van der Waals surface area contributed by atoms with Gasteiger partial charge in [0.15, 0.2) is 0 Å². The van der Waals surface area contributed by atoms with Gasteiger partial charge in [-0.25, -0.2) is 0 Å². The second-order valence-corrected chi connectivity index (χ2v) is 4.70. The third-order valence-electron chi connectivity index (χ3n) is 2.22. The summed E-state index contributed by atoms with van der Waals surface area (Å²) in [5.41, 5.74) is -0.557. The van der Waals surface area contributed by atoms with Gasteiger partial charge in [-0.15, -0.1) is 0 Å². The number of aliphatic hydroxyl groups is 2. The summed E-state index contributed by atoms with van der Waals surface area (Å²) >= 11 is 0. The summed E-state index contributed by atoms with van der Waals surface area (Å²) in [7, 11) is 0. The molecule has 1 unspecified atom stereocenters. The standard InChI is InChI=1S/C10H21NO3/c1-8(2)14-5-9(12)4-11-6-10(3,13)7-11/h8-9,12-13H,4-7H2,1-3H3. The summed E-state index contributed by atoms with van der Waals surface area (Å²) in [4.78, 5) is 2.02. The minimum atomic E-state index is -0.557. The summed E-state index contributed by atoms with van der Waals surface area (Å²) in [6.07, 6.45) is -0.294. The zero-order valence-electron chi connectivity index (χ0n) is 9.23. The second kappa shape index (κ2) is 4.57. The van der Waals surface area contributed by atoms with Crippen molar-refractivity contribution >= 4 is 0 Å². The molecular weight excluding hydrogens is 182 g/mol. The molecule has 4 heteroatoms. The Kier molecular flexibility index (Phi) is 3.89. The van der Waals surface area contributed by atoms with E-state index in [1.807, 2.05) is 18.7 Å². The first kappa shape index (κ1) is 11.9.